The summed E-state index contributed by atoms with van der Waals surface area (Å²) < 4.78 is 5.82. The highest BCUT2D eigenvalue weighted by atomic mass is 127. The van der Waals surface area contributed by atoms with E-state index in [1.807, 2.05) is 22.6 Å². The van der Waals surface area contributed by atoms with Gasteiger partial charge in [-0.05, 0) is 28.7 Å². The van der Waals surface area contributed by atoms with E-state index in [4.69, 9.17) is 9.84 Å². The molecule has 0 radical (unpaired) electrons. The molecule has 1 aliphatic heterocycles. The molecule has 0 aliphatic carbocycles. The number of aliphatic carboxylic acids is 1. The lowest BCUT2D eigenvalue weighted by atomic mass is 10.0. The van der Waals surface area contributed by atoms with Crippen LogP contribution in [0.25, 0.3) is 0 Å². The Labute approximate surface area is 122 Å². The predicted molar refractivity (Wildman–Crippen MR) is 75.2 cm³/mol. The maximum absolute atomic E-state index is 11.0. The Balaban J connectivity index is 2.15. The van der Waals surface area contributed by atoms with Crippen molar-refractivity contribution in [3.63, 3.8) is 0 Å². The molecule has 1 heterocycles. The van der Waals surface area contributed by atoms with Gasteiger partial charge in [-0.15, -0.1) is 0 Å². The number of non-ortho nitro benzene ring substituents is 1. The second-order valence-corrected chi connectivity index (χ2v) is 5.32. The van der Waals surface area contributed by atoms with Crippen LogP contribution in [0.3, 0.4) is 0 Å². The second-order valence-electron chi connectivity index (χ2n) is 4.15. The minimum Gasteiger partial charge on any atom is -0.481 e. The number of rotatable bonds is 4. The van der Waals surface area contributed by atoms with E-state index >= 15 is 0 Å². The summed E-state index contributed by atoms with van der Waals surface area (Å²) in [5, 5.41) is 22.7. The molecule has 2 rings (SSSR count). The summed E-state index contributed by atoms with van der Waals surface area (Å²) in [6.07, 6.45) is 0. The van der Waals surface area contributed by atoms with Crippen molar-refractivity contribution >= 4 is 39.9 Å². The van der Waals surface area contributed by atoms with Crippen molar-refractivity contribution in [2.45, 2.75) is 6.04 Å². The molecule has 0 saturated carbocycles. The largest absolute Gasteiger partial charge is 0.481 e. The van der Waals surface area contributed by atoms with Crippen LogP contribution in [-0.4, -0.2) is 35.3 Å². The van der Waals surface area contributed by atoms with Crippen LogP contribution < -0.4 is 5.32 Å². The van der Waals surface area contributed by atoms with Crippen molar-refractivity contribution < 1.29 is 19.6 Å². The Hall–Kier alpha value is -1.42. The molecule has 0 bridgehead atoms. The van der Waals surface area contributed by atoms with Gasteiger partial charge in [-0.3, -0.25) is 14.9 Å². The smallest absolute Gasteiger partial charge is 0.311 e. The van der Waals surface area contributed by atoms with Gasteiger partial charge >= 0.3 is 5.97 Å². The number of nitro groups is 1. The van der Waals surface area contributed by atoms with Crippen LogP contribution >= 0.6 is 22.6 Å². The highest BCUT2D eigenvalue weighted by Crippen LogP contribution is 2.26. The summed E-state index contributed by atoms with van der Waals surface area (Å²) in [6, 6.07) is 4.08. The van der Waals surface area contributed by atoms with Crippen molar-refractivity contribution in [2.24, 2.45) is 5.92 Å². The van der Waals surface area contributed by atoms with Gasteiger partial charge < -0.3 is 15.2 Å². The van der Waals surface area contributed by atoms with E-state index in [0.29, 0.717) is 15.9 Å². The Morgan fingerprint density at radius 2 is 2.26 bits per heavy atom. The first-order valence-corrected chi connectivity index (χ1v) is 6.58. The fraction of sp³-hybridized carbons (Fsp3) is 0.364. The zero-order chi connectivity index (χ0) is 14.0. The lowest BCUT2D eigenvalue weighted by Crippen LogP contribution is -2.33. The van der Waals surface area contributed by atoms with Crippen LogP contribution in [-0.2, 0) is 9.53 Å². The maximum atomic E-state index is 11.0. The molecule has 1 aromatic rings. The highest BCUT2D eigenvalue weighted by Gasteiger charge is 2.34. The first-order chi connectivity index (χ1) is 8.99. The SMILES string of the molecule is O=C(O)C1COCC1Nc1ccc([N+](=O)[O-])cc1I. The maximum Gasteiger partial charge on any atom is 0.311 e. The number of benzene rings is 1. The number of halogens is 1. The molecule has 1 saturated heterocycles. The third kappa shape index (κ3) is 3.13. The van der Waals surface area contributed by atoms with Crippen molar-refractivity contribution in [3.05, 3.63) is 31.9 Å². The molecule has 1 aliphatic rings. The Bertz CT molecular complexity index is 522. The monoisotopic (exact) mass is 378 g/mol. The Kier molecular flexibility index (Phi) is 4.20. The van der Waals surface area contributed by atoms with Crippen LogP contribution in [0.2, 0.25) is 0 Å². The number of anilines is 1. The summed E-state index contributed by atoms with van der Waals surface area (Å²) in [7, 11) is 0. The number of nitrogens with one attached hydrogen (secondary N) is 1. The van der Waals surface area contributed by atoms with Crippen LogP contribution in [0.15, 0.2) is 18.2 Å². The molecule has 8 heteroatoms. The molecule has 7 nitrogen and oxygen atoms in total. The van der Waals surface area contributed by atoms with E-state index in [1.165, 1.54) is 12.1 Å². The van der Waals surface area contributed by atoms with E-state index in [0.717, 1.165) is 0 Å². The number of ether oxygens (including phenoxy) is 1. The lowest BCUT2D eigenvalue weighted by molar-refractivity contribution is -0.384. The fourth-order valence-corrected chi connectivity index (χ4v) is 2.53. The summed E-state index contributed by atoms with van der Waals surface area (Å²) in [6.45, 7) is 0.487. The molecule has 2 N–H and O–H groups in total. The van der Waals surface area contributed by atoms with Crippen molar-refractivity contribution in [1.82, 2.24) is 0 Å². The number of hydrogen-bond donors (Lipinski definition) is 2. The highest BCUT2D eigenvalue weighted by molar-refractivity contribution is 14.1. The summed E-state index contributed by atoms with van der Waals surface area (Å²) in [5.74, 6) is -1.52. The van der Waals surface area contributed by atoms with Gasteiger partial charge in [0.2, 0.25) is 0 Å². The van der Waals surface area contributed by atoms with Crippen molar-refractivity contribution in [3.8, 4) is 0 Å². The topological polar surface area (TPSA) is 102 Å². The van der Waals surface area contributed by atoms with E-state index < -0.39 is 16.8 Å². The minimum atomic E-state index is -0.910. The Morgan fingerprint density at radius 3 is 2.84 bits per heavy atom. The molecule has 0 aromatic heterocycles. The Morgan fingerprint density at radius 1 is 1.53 bits per heavy atom. The molecule has 102 valence electrons. The van der Waals surface area contributed by atoms with Gasteiger partial charge in [-0.25, -0.2) is 0 Å². The zero-order valence-corrected chi connectivity index (χ0v) is 11.9. The summed E-state index contributed by atoms with van der Waals surface area (Å²) in [4.78, 5) is 21.2. The lowest BCUT2D eigenvalue weighted by Gasteiger charge is -2.17. The van der Waals surface area contributed by atoms with Gasteiger partial charge in [0.05, 0.1) is 24.2 Å². The van der Waals surface area contributed by atoms with Crippen LogP contribution in [0, 0.1) is 19.6 Å². The minimum absolute atomic E-state index is 0.00686. The molecular weight excluding hydrogens is 367 g/mol. The molecule has 0 amide bonds. The molecule has 1 aromatic carbocycles. The number of nitrogens with zero attached hydrogens (tertiary/aromatic N) is 1. The number of nitro benzene ring substituents is 1. The summed E-state index contributed by atoms with van der Waals surface area (Å²) in [5.41, 5.74) is 0.681. The first kappa shape index (κ1) is 14.0. The third-order valence-electron chi connectivity index (χ3n) is 2.90. The third-order valence-corrected chi connectivity index (χ3v) is 3.79. The molecule has 2 atom stereocenters. The predicted octanol–water partition coefficient (Wildman–Crippen LogP) is 1.71. The zero-order valence-electron chi connectivity index (χ0n) is 9.71. The number of hydrogen-bond acceptors (Lipinski definition) is 5. The summed E-state index contributed by atoms with van der Waals surface area (Å²) >= 11 is 1.98. The van der Waals surface area contributed by atoms with E-state index in [9.17, 15) is 14.9 Å². The average molecular weight is 378 g/mol. The normalized spacial score (nSPS) is 22.2. The second kappa shape index (κ2) is 5.70. The molecule has 19 heavy (non-hydrogen) atoms. The van der Waals surface area contributed by atoms with Crippen LogP contribution in [0.4, 0.5) is 11.4 Å². The number of carboxylic acids is 1. The average Bonchev–Trinajstić information content (AvgIpc) is 2.79. The fourth-order valence-electron chi connectivity index (χ4n) is 1.87. The van der Waals surface area contributed by atoms with E-state index in [2.05, 4.69) is 5.32 Å². The van der Waals surface area contributed by atoms with Crippen molar-refractivity contribution in [2.75, 3.05) is 18.5 Å². The van der Waals surface area contributed by atoms with E-state index in [-0.39, 0.29) is 18.3 Å². The van der Waals surface area contributed by atoms with Crippen molar-refractivity contribution in [1.29, 1.82) is 0 Å². The van der Waals surface area contributed by atoms with Gasteiger partial charge in [0.25, 0.3) is 5.69 Å². The number of carboxylic acid groups (broad SMARTS) is 1. The number of carbonyl (C=O) groups is 1. The van der Waals surface area contributed by atoms with E-state index in [1.54, 1.807) is 6.07 Å². The van der Waals surface area contributed by atoms with Gasteiger partial charge in [-0.1, -0.05) is 0 Å². The van der Waals surface area contributed by atoms with Crippen LogP contribution in [0.1, 0.15) is 0 Å². The standard InChI is InChI=1S/C11H11IN2O5/c12-8-3-6(14(17)18)1-2-9(8)13-10-5-19-4-7(10)11(15)16/h1-3,7,10,13H,4-5H2,(H,15,16). The van der Waals surface area contributed by atoms with Gasteiger partial charge in [0.1, 0.15) is 5.92 Å². The molecular formula is C11H11IN2O5. The van der Waals surface area contributed by atoms with Gasteiger partial charge in [0, 0.05) is 21.4 Å². The van der Waals surface area contributed by atoms with Gasteiger partial charge in [0.15, 0.2) is 0 Å². The van der Waals surface area contributed by atoms with Crippen LogP contribution in [0.5, 0.6) is 0 Å². The quantitative estimate of drug-likeness (QED) is 0.470. The molecule has 1 fully saturated rings. The molecule has 0 spiro atoms. The first-order valence-electron chi connectivity index (χ1n) is 5.50. The van der Waals surface area contributed by atoms with Gasteiger partial charge in [-0.2, -0.15) is 0 Å². The molecule has 2 unspecified atom stereocenters.